The zero-order valence-corrected chi connectivity index (χ0v) is 18.3. The smallest absolute Gasteiger partial charge is 0.270 e. The van der Waals surface area contributed by atoms with E-state index in [4.69, 9.17) is 0 Å². The second-order valence-corrected chi connectivity index (χ2v) is 9.90. The van der Waals surface area contributed by atoms with E-state index in [0.29, 0.717) is 11.3 Å². The monoisotopic (exact) mass is 428 g/mol. The molecule has 0 radical (unpaired) electrons. The highest BCUT2D eigenvalue weighted by molar-refractivity contribution is 7.92. The summed E-state index contributed by atoms with van der Waals surface area (Å²) >= 11 is 0. The second-order valence-electron chi connectivity index (χ2n) is 8.22. The number of nitrogens with one attached hydrogen (secondary N) is 1. The highest BCUT2D eigenvalue weighted by atomic mass is 32.2. The van der Waals surface area contributed by atoms with Crippen LogP contribution in [0.2, 0.25) is 0 Å². The van der Waals surface area contributed by atoms with Crippen LogP contribution in [0.5, 0.6) is 0 Å². The summed E-state index contributed by atoms with van der Waals surface area (Å²) in [5.41, 5.74) is 2.41. The van der Waals surface area contributed by atoms with E-state index in [1.807, 2.05) is 33.9 Å². The first-order valence-corrected chi connectivity index (χ1v) is 10.8. The van der Waals surface area contributed by atoms with Gasteiger partial charge in [-0.05, 0) is 30.5 Å². The highest BCUT2D eigenvalue weighted by Crippen LogP contribution is 2.38. The number of nitro groups is 1. The van der Waals surface area contributed by atoms with Crippen molar-refractivity contribution in [2.45, 2.75) is 38.0 Å². The van der Waals surface area contributed by atoms with Crippen LogP contribution in [0.3, 0.4) is 0 Å². The summed E-state index contributed by atoms with van der Waals surface area (Å²) in [5, 5.41) is 15.8. The van der Waals surface area contributed by atoms with Crippen LogP contribution in [0.25, 0.3) is 11.3 Å². The molecule has 0 saturated heterocycles. The summed E-state index contributed by atoms with van der Waals surface area (Å²) in [4.78, 5) is 11.0. The van der Waals surface area contributed by atoms with Gasteiger partial charge in [-0.1, -0.05) is 38.5 Å². The lowest BCUT2D eigenvalue weighted by Gasteiger charge is -2.19. The van der Waals surface area contributed by atoms with Crippen LogP contribution in [0.1, 0.15) is 31.9 Å². The van der Waals surface area contributed by atoms with Crippen LogP contribution in [-0.4, -0.2) is 23.1 Å². The molecule has 3 aromatic rings. The van der Waals surface area contributed by atoms with Crippen LogP contribution in [0, 0.1) is 17.0 Å². The molecular weight excluding hydrogens is 404 g/mol. The molecule has 1 aromatic heterocycles. The molecule has 8 nitrogen and oxygen atoms in total. The molecule has 0 aliphatic carbocycles. The number of benzene rings is 2. The van der Waals surface area contributed by atoms with Gasteiger partial charge in [-0.25, -0.2) is 8.42 Å². The van der Waals surface area contributed by atoms with Gasteiger partial charge in [0, 0.05) is 36.5 Å². The summed E-state index contributed by atoms with van der Waals surface area (Å²) < 4.78 is 30.1. The zero-order valence-electron chi connectivity index (χ0n) is 17.5. The first-order valence-electron chi connectivity index (χ1n) is 9.31. The predicted octanol–water partition coefficient (Wildman–Crippen LogP) is 4.40. The number of aryl methyl sites for hydroxylation is 2. The van der Waals surface area contributed by atoms with Crippen molar-refractivity contribution >= 4 is 21.4 Å². The van der Waals surface area contributed by atoms with E-state index in [9.17, 15) is 18.5 Å². The zero-order chi connectivity index (χ0) is 22.3. The minimum Gasteiger partial charge on any atom is -0.279 e. The first-order chi connectivity index (χ1) is 13.9. The van der Waals surface area contributed by atoms with Crippen LogP contribution in [-0.2, 0) is 22.5 Å². The molecule has 0 bridgehead atoms. The summed E-state index contributed by atoms with van der Waals surface area (Å²) in [6.07, 6.45) is 1.84. The second kappa shape index (κ2) is 7.56. The molecule has 158 valence electrons. The normalized spacial score (nSPS) is 12.0. The van der Waals surface area contributed by atoms with Crippen LogP contribution in [0.15, 0.2) is 53.6 Å². The number of nitrogens with zero attached hydrogens (tertiary/aromatic N) is 3. The van der Waals surface area contributed by atoms with Gasteiger partial charge in [0.05, 0.1) is 21.2 Å². The highest BCUT2D eigenvalue weighted by Gasteiger charge is 2.26. The Balaban J connectivity index is 2.18. The molecule has 3 rings (SSSR count). The number of hydrogen-bond donors (Lipinski definition) is 1. The van der Waals surface area contributed by atoms with Crippen molar-refractivity contribution in [2.24, 2.45) is 7.05 Å². The summed E-state index contributed by atoms with van der Waals surface area (Å²) in [6, 6.07) is 10.5. The number of hydrogen-bond acceptors (Lipinski definition) is 5. The average Bonchev–Trinajstić information content (AvgIpc) is 3.04. The van der Waals surface area contributed by atoms with Gasteiger partial charge < -0.3 is 0 Å². The number of nitro benzene ring substituents is 1. The third kappa shape index (κ3) is 4.35. The molecule has 30 heavy (non-hydrogen) atoms. The Hall–Kier alpha value is -3.20. The maximum atomic E-state index is 12.9. The lowest BCUT2D eigenvalue weighted by molar-refractivity contribution is -0.384. The SMILES string of the molecule is Cc1ccc(S(=O)(=O)Nc2ccc([N+](=O)[O-])cc2-c2nn(C)cc2C(C)(C)C)cc1. The third-order valence-corrected chi connectivity index (χ3v) is 6.06. The fraction of sp³-hybridized carbons (Fsp3) is 0.286. The van der Waals surface area contributed by atoms with Crippen LogP contribution >= 0.6 is 0 Å². The number of aromatic nitrogens is 2. The molecule has 0 aliphatic rings. The molecule has 2 aromatic carbocycles. The minimum atomic E-state index is -3.89. The molecule has 1 N–H and O–H groups in total. The Morgan fingerprint density at radius 3 is 2.30 bits per heavy atom. The third-order valence-electron chi connectivity index (χ3n) is 4.68. The van der Waals surface area contributed by atoms with Gasteiger partial charge in [0.2, 0.25) is 0 Å². The van der Waals surface area contributed by atoms with Crippen LogP contribution in [0.4, 0.5) is 11.4 Å². The van der Waals surface area contributed by atoms with Crippen molar-refractivity contribution < 1.29 is 13.3 Å². The molecule has 0 amide bonds. The lowest BCUT2D eigenvalue weighted by Crippen LogP contribution is -2.15. The fourth-order valence-electron chi connectivity index (χ4n) is 3.09. The van der Waals surface area contributed by atoms with Gasteiger partial charge in [-0.15, -0.1) is 0 Å². The lowest BCUT2D eigenvalue weighted by atomic mass is 9.85. The van der Waals surface area contributed by atoms with Crippen molar-refractivity contribution in [3.8, 4) is 11.3 Å². The van der Waals surface area contributed by atoms with E-state index in [1.54, 1.807) is 23.9 Å². The fourth-order valence-corrected chi connectivity index (χ4v) is 4.17. The van der Waals surface area contributed by atoms with Crippen molar-refractivity contribution in [3.05, 3.63) is 69.9 Å². The molecular formula is C21H24N4O4S. The predicted molar refractivity (Wildman–Crippen MR) is 116 cm³/mol. The largest absolute Gasteiger partial charge is 0.279 e. The number of anilines is 1. The van der Waals surface area contributed by atoms with E-state index >= 15 is 0 Å². The van der Waals surface area contributed by atoms with E-state index in [1.165, 1.54) is 30.3 Å². The Bertz CT molecular complexity index is 1210. The summed E-state index contributed by atoms with van der Waals surface area (Å²) in [7, 11) is -2.13. The van der Waals surface area contributed by atoms with E-state index in [2.05, 4.69) is 9.82 Å². The minimum absolute atomic E-state index is 0.106. The van der Waals surface area contributed by atoms with Gasteiger partial charge in [-0.3, -0.25) is 19.5 Å². The molecule has 0 atom stereocenters. The van der Waals surface area contributed by atoms with E-state index < -0.39 is 14.9 Å². The number of non-ortho nitro benzene ring substituents is 1. The maximum absolute atomic E-state index is 12.9. The van der Waals surface area contributed by atoms with Crippen LogP contribution < -0.4 is 4.72 Å². The maximum Gasteiger partial charge on any atom is 0.270 e. The van der Waals surface area contributed by atoms with Crippen molar-refractivity contribution in [1.29, 1.82) is 0 Å². The van der Waals surface area contributed by atoms with Crippen molar-refractivity contribution in [2.75, 3.05) is 4.72 Å². The molecule has 0 fully saturated rings. The Morgan fingerprint density at radius 1 is 1.10 bits per heavy atom. The Labute approximate surface area is 175 Å². The van der Waals surface area contributed by atoms with E-state index in [0.717, 1.165) is 11.1 Å². The molecule has 0 saturated carbocycles. The van der Waals surface area contributed by atoms with Crippen molar-refractivity contribution in [1.82, 2.24) is 9.78 Å². The van der Waals surface area contributed by atoms with Gasteiger partial charge in [0.1, 0.15) is 0 Å². The molecule has 0 aliphatic heterocycles. The Kier molecular flexibility index (Phi) is 5.42. The standard InChI is InChI=1S/C21H24N4O4S/c1-14-6-9-16(10-7-14)30(28,29)23-19-11-8-15(25(26)27)12-17(19)20-18(21(2,3)4)13-24(5)22-20/h6-13,23H,1-5H3. The molecule has 0 unspecified atom stereocenters. The first kappa shape index (κ1) is 21.5. The van der Waals surface area contributed by atoms with Gasteiger partial charge in [0.25, 0.3) is 15.7 Å². The molecule has 1 heterocycles. The average molecular weight is 429 g/mol. The van der Waals surface area contributed by atoms with Crippen molar-refractivity contribution in [3.63, 3.8) is 0 Å². The van der Waals surface area contributed by atoms with Gasteiger partial charge >= 0.3 is 0 Å². The number of rotatable bonds is 5. The van der Waals surface area contributed by atoms with Gasteiger partial charge in [0.15, 0.2) is 0 Å². The topological polar surface area (TPSA) is 107 Å². The summed E-state index contributed by atoms with van der Waals surface area (Å²) in [6.45, 7) is 7.87. The summed E-state index contributed by atoms with van der Waals surface area (Å²) in [5.74, 6) is 0. The molecule has 9 heteroatoms. The quantitative estimate of drug-likeness (QED) is 0.479. The molecule has 0 spiro atoms. The Morgan fingerprint density at radius 2 is 1.73 bits per heavy atom. The number of sulfonamides is 1. The van der Waals surface area contributed by atoms with E-state index in [-0.39, 0.29) is 21.7 Å². The van der Waals surface area contributed by atoms with Gasteiger partial charge in [-0.2, -0.15) is 5.10 Å².